The molecule has 1 aliphatic carbocycles. The van der Waals surface area contributed by atoms with Crippen molar-refractivity contribution in [2.45, 2.75) is 45.3 Å². The van der Waals surface area contributed by atoms with Crippen molar-refractivity contribution >= 4 is 35.8 Å². The van der Waals surface area contributed by atoms with Crippen LogP contribution in [0.15, 0.2) is 23.2 Å². The second-order valence-corrected chi connectivity index (χ2v) is 8.19. The van der Waals surface area contributed by atoms with Crippen molar-refractivity contribution in [3.8, 4) is 5.75 Å². The minimum absolute atomic E-state index is 0. The van der Waals surface area contributed by atoms with Gasteiger partial charge in [0.25, 0.3) is 0 Å². The van der Waals surface area contributed by atoms with Gasteiger partial charge >= 0.3 is 0 Å². The molecule has 8 heteroatoms. The van der Waals surface area contributed by atoms with Gasteiger partial charge in [-0.3, -0.25) is 4.79 Å². The van der Waals surface area contributed by atoms with Crippen LogP contribution >= 0.6 is 24.0 Å². The van der Waals surface area contributed by atoms with Crippen LogP contribution in [0.3, 0.4) is 0 Å². The number of amides is 1. The third-order valence-electron chi connectivity index (χ3n) is 5.23. The van der Waals surface area contributed by atoms with Gasteiger partial charge in [-0.1, -0.05) is 12.1 Å². The number of ether oxygens (including phenoxy) is 2. The molecular formula is C22H35IN4O3. The fourth-order valence-electron chi connectivity index (χ4n) is 3.09. The number of benzene rings is 1. The maximum Gasteiger partial charge on any atom is 0.241 e. The van der Waals surface area contributed by atoms with Crippen LogP contribution in [0.2, 0.25) is 0 Å². The number of rotatable bonds is 9. The Morgan fingerprint density at radius 2 is 2.07 bits per heavy atom. The van der Waals surface area contributed by atoms with E-state index < -0.39 is 0 Å². The second kappa shape index (κ2) is 12.3. The van der Waals surface area contributed by atoms with Crippen LogP contribution in [0.1, 0.15) is 36.8 Å². The molecule has 0 bridgehead atoms. The Hall–Kier alpha value is -1.55. The van der Waals surface area contributed by atoms with Gasteiger partial charge < -0.3 is 25.0 Å². The van der Waals surface area contributed by atoms with Crippen molar-refractivity contribution in [1.82, 2.24) is 15.5 Å². The quantitative estimate of drug-likeness (QED) is 0.292. The lowest BCUT2D eigenvalue weighted by atomic mass is 10.1. The van der Waals surface area contributed by atoms with Crippen LogP contribution in [0, 0.1) is 12.8 Å². The number of nitrogens with zero attached hydrogens (tertiary/aromatic N) is 2. The van der Waals surface area contributed by atoms with E-state index in [1.807, 2.05) is 0 Å². The third-order valence-corrected chi connectivity index (χ3v) is 5.23. The Morgan fingerprint density at radius 3 is 2.73 bits per heavy atom. The van der Waals surface area contributed by atoms with Gasteiger partial charge in [-0.15, -0.1) is 24.0 Å². The highest BCUT2D eigenvalue weighted by molar-refractivity contribution is 14.0. The molecule has 1 aromatic carbocycles. The van der Waals surface area contributed by atoms with Gasteiger partial charge in [0.2, 0.25) is 5.91 Å². The first-order valence-electron chi connectivity index (χ1n) is 10.6. The molecule has 2 aliphatic rings. The van der Waals surface area contributed by atoms with Gasteiger partial charge in [0.1, 0.15) is 5.75 Å². The predicted octanol–water partition coefficient (Wildman–Crippen LogP) is 2.70. The Balaban J connectivity index is 0.00000320. The fraction of sp³-hybridized carbons (Fsp3) is 0.636. The van der Waals surface area contributed by atoms with Gasteiger partial charge in [-0.2, -0.15) is 0 Å². The average Bonchev–Trinajstić information content (AvgIpc) is 3.39. The number of aliphatic imine (C=N–C) groups is 1. The third kappa shape index (κ3) is 8.29. The molecule has 1 saturated carbocycles. The number of nitrogens with one attached hydrogen (secondary N) is 2. The Bertz CT molecular complexity index is 716. The highest BCUT2D eigenvalue weighted by Gasteiger charge is 2.22. The number of likely N-dealkylation sites (N-methyl/N-ethyl adjacent to an activating group) is 1. The van der Waals surface area contributed by atoms with Crippen LogP contribution in [-0.4, -0.2) is 63.3 Å². The van der Waals surface area contributed by atoms with Gasteiger partial charge in [-0.05, 0) is 50.2 Å². The summed E-state index contributed by atoms with van der Waals surface area (Å²) in [5.41, 5.74) is 2.23. The SMILES string of the molecule is Cc1ccc(CN=C(NCC(=O)N(C)C)NCC2CCCO2)c(OCC2CC2)c1.I. The molecule has 0 spiro atoms. The molecule has 1 atom stereocenters. The van der Waals surface area contributed by atoms with Crippen LogP contribution < -0.4 is 15.4 Å². The normalized spacial score (nSPS) is 18.5. The summed E-state index contributed by atoms with van der Waals surface area (Å²) in [4.78, 5) is 18.2. The zero-order chi connectivity index (χ0) is 20.6. The summed E-state index contributed by atoms with van der Waals surface area (Å²) in [6.45, 7) is 5.03. The van der Waals surface area contributed by atoms with Gasteiger partial charge in [0.05, 0.1) is 25.8 Å². The van der Waals surface area contributed by atoms with Crippen molar-refractivity contribution in [3.63, 3.8) is 0 Å². The molecule has 1 saturated heterocycles. The summed E-state index contributed by atoms with van der Waals surface area (Å²) in [6, 6.07) is 6.23. The Labute approximate surface area is 197 Å². The van der Waals surface area contributed by atoms with Crippen molar-refractivity contribution in [3.05, 3.63) is 29.3 Å². The zero-order valence-electron chi connectivity index (χ0n) is 18.3. The number of guanidine groups is 1. The largest absolute Gasteiger partial charge is 0.493 e. The maximum absolute atomic E-state index is 12.0. The molecule has 168 valence electrons. The van der Waals surface area contributed by atoms with Gasteiger partial charge in [-0.25, -0.2) is 4.99 Å². The van der Waals surface area contributed by atoms with Crippen molar-refractivity contribution in [2.24, 2.45) is 10.9 Å². The zero-order valence-corrected chi connectivity index (χ0v) is 20.6. The summed E-state index contributed by atoms with van der Waals surface area (Å²) in [5, 5.41) is 6.46. The molecule has 1 heterocycles. The van der Waals surface area contributed by atoms with Crippen molar-refractivity contribution in [1.29, 1.82) is 0 Å². The lowest BCUT2D eigenvalue weighted by Crippen LogP contribution is -2.45. The predicted molar refractivity (Wildman–Crippen MR) is 130 cm³/mol. The molecule has 0 aromatic heterocycles. The van der Waals surface area contributed by atoms with Gasteiger partial charge in [0, 0.05) is 32.8 Å². The van der Waals surface area contributed by atoms with Crippen LogP contribution in [0.25, 0.3) is 0 Å². The minimum Gasteiger partial charge on any atom is -0.493 e. The van der Waals surface area contributed by atoms with Crippen molar-refractivity contribution < 1.29 is 14.3 Å². The van der Waals surface area contributed by atoms with E-state index >= 15 is 0 Å². The number of hydrogen-bond acceptors (Lipinski definition) is 4. The number of carbonyl (C=O) groups excluding carboxylic acids is 1. The first-order chi connectivity index (χ1) is 14.0. The molecule has 1 aliphatic heterocycles. The average molecular weight is 530 g/mol. The van der Waals surface area contributed by atoms with E-state index in [0.717, 1.165) is 37.4 Å². The van der Waals surface area contributed by atoms with Crippen molar-refractivity contribution in [2.75, 3.05) is 40.4 Å². The van der Waals surface area contributed by atoms with E-state index in [-0.39, 0.29) is 42.5 Å². The minimum atomic E-state index is 0. The monoisotopic (exact) mass is 530 g/mol. The fourth-order valence-corrected chi connectivity index (χ4v) is 3.09. The summed E-state index contributed by atoms with van der Waals surface area (Å²) in [7, 11) is 3.49. The number of aryl methyl sites for hydroxylation is 1. The molecule has 2 fully saturated rings. The molecule has 1 aromatic rings. The summed E-state index contributed by atoms with van der Waals surface area (Å²) < 4.78 is 11.7. The summed E-state index contributed by atoms with van der Waals surface area (Å²) in [6.07, 6.45) is 4.87. The van der Waals surface area contributed by atoms with E-state index in [1.165, 1.54) is 18.4 Å². The molecule has 1 unspecified atom stereocenters. The number of hydrogen-bond donors (Lipinski definition) is 2. The molecular weight excluding hydrogens is 495 g/mol. The Kier molecular flexibility index (Phi) is 10.2. The van der Waals surface area contributed by atoms with E-state index in [4.69, 9.17) is 14.5 Å². The molecule has 2 N–H and O–H groups in total. The van der Waals surface area contributed by atoms with Crippen LogP contribution in [0.5, 0.6) is 5.75 Å². The van der Waals surface area contributed by atoms with E-state index in [1.54, 1.807) is 19.0 Å². The number of carbonyl (C=O) groups is 1. The summed E-state index contributed by atoms with van der Waals surface area (Å²) >= 11 is 0. The Morgan fingerprint density at radius 1 is 1.27 bits per heavy atom. The highest BCUT2D eigenvalue weighted by Crippen LogP contribution is 2.31. The first-order valence-corrected chi connectivity index (χ1v) is 10.6. The topological polar surface area (TPSA) is 75.2 Å². The molecule has 30 heavy (non-hydrogen) atoms. The molecule has 0 radical (unpaired) electrons. The molecule has 3 rings (SSSR count). The summed E-state index contributed by atoms with van der Waals surface area (Å²) in [5.74, 6) is 2.22. The number of halogens is 1. The molecule has 7 nitrogen and oxygen atoms in total. The van der Waals surface area contributed by atoms with E-state index in [9.17, 15) is 4.79 Å². The second-order valence-electron chi connectivity index (χ2n) is 8.19. The standard InChI is InChI=1S/C22H34N4O3.HI/c1-16-6-9-18(20(11-16)29-15-17-7-8-17)12-23-22(25-14-21(27)26(2)3)24-13-19-5-4-10-28-19;/h6,9,11,17,19H,4-5,7-8,10,12-15H2,1-3H3,(H2,23,24,25);1H. The first kappa shape index (κ1) is 24.7. The maximum atomic E-state index is 12.0. The van der Waals surface area contributed by atoms with Crippen LogP contribution in [0.4, 0.5) is 0 Å². The lowest BCUT2D eigenvalue weighted by Gasteiger charge is -2.17. The van der Waals surface area contributed by atoms with Gasteiger partial charge in [0.15, 0.2) is 5.96 Å². The van der Waals surface area contributed by atoms with E-state index in [0.29, 0.717) is 25.0 Å². The molecule has 1 amide bonds. The highest BCUT2D eigenvalue weighted by atomic mass is 127. The van der Waals surface area contributed by atoms with E-state index in [2.05, 4.69) is 35.8 Å². The smallest absolute Gasteiger partial charge is 0.241 e. The van der Waals surface area contributed by atoms with Crippen LogP contribution in [-0.2, 0) is 16.1 Å². The lowest BCUT2D eigenvalue weighted by molar-refractivity contribution is -0.127.